The summed E-state index contributed by atoms with van der Waals surface area (Å²) in [5.41, 5.74) is 0.932. The minimum absolute atomic E-state index is 0.0151. The summed E-state index contributed by atoms with van der Waals surface area (Å²) >= 11 is 0. The van der Waals surface area contributed by atoms with E-state index >= 15 is 0 Å². The number of carbonyl (C=O) groups is 1. The second kappa shape index (κ2) is 6.08. The Bertz CT molecular complexity index is 769. The lowest BCUT2D eigenvalue weighted by Crippen LogP contribution is -2.49. The first-order valence-electron chi connectivity index (χ1n) is 7.42. The zero-order valence-corrected chi connectivity index (χ0v) is 13.1. The Kier molecular flexibility index (Phi) is 3.98. The van der Waals surface area contributed by atoms with Gasteiger partial charge in [-0.25, -0.2) is 9.97 Å². The van der Waals surface area contributed by atoms with Crippen LogP contribution in [0.25, 0.3) is 0 Å². The predicted molar refractivity (Wildman–Crippen MR) is 83.0 cm³/mol. The Labute approximate surface area is 134 Å². The Hall–Kier alpha value is -2.88. The lowest BCUT2D eigenvalue weighted by atomic mass is 10.2. The van der Waals surface area contributed by atoms with E-state index < -0.39 is 0 Å². The van der Waals surface area contributed by atoms with E-state index in [2.05, 4.69) is 16.0 Å². The molecule has 1 aliphatic heterocycles. The number of aryl methyl sites for hydroxylation is 2. The van der Waals surface area contributed by atoms with E-state index in [1.54, 1.807) is 24.1 Å². The van der Waals surface area contributed by atoms with Gasteiger partial charge in [-0.2, -0.15) is 5.26 Å². The fourth-order valence-electron chi connectivity index (χ4n) is 2.78. The molecule has 2 aromatic heterocycles. The van der Waals surface area contributed by atoms with Gasteiger partial charge in [-0.3, -0.25) is 4.79 Å². The monoisotopic (exact) mass is 311 g/mol. The maximum absolute atomic E-state index is 12.6. The minimum Gasteiger partial charge on any atom is -0.466 e. The molecule has 0 saturated carbocycles. The van der Waals surface area contributed by atoms with Gasteiger partial charge in [0.2, 0.25) is 0 Å². The summed E-state index contributed by atoms with van der Waals surface area (Å²) < 4.78 is 5.43. The van der Waals surface area contributed by atoms with Crippen molar-refractivity contribution in [3.05, 3.63) is 41.2 Å². The number of piperazine rings is 1. The molecule has 3 rings (SSSR count). The van der Waals surface area contributed by atoms with Crippen LogP contribution >= 0.6 is 0 Å². The highest BCUT2D eigenvalue weighted by Crippen LogP contribution is 2.20. The summed E-state index contributed by atoms with van der Waals surface area (Å²) in [6, 6.07) is 3.83. The molecule has 0 radical (unpaired) electrons. The van der Waals surface area contributed by atoms with Crippen molar-refractivity contribution in [2.75, 3.05) is 31.1 Å². The number of nitriles is 1. The molecule has 118 valence electrons. The van der Waals surface area contributed by atoms with Crippen LogP contribution in [0.5, 0.6) is 0 Å². The molecule has 23 heavy (non-hydrogen) atoms. The molecule has 1 amide bonds. The SMILES string of the molecule is Cc1cc(C(=O)N2CCN(c3nccnc3C#N)CC2)c(C)o1. The number of anilines is 1. The van der Waals surface area contributed by atoms with Crippen molar-refractivity contribution in [3.8, 4) is 6.07 Å². The third kappa shape index (κ3) is 2.88. The first kappa shape index (κ1) is 15.0. The van der Waals surface area contributed by atoms with Gasteiger partial charge in [0, 0.05) is 38.6 Å². The third-order valence-corrected chi connectivity index (χ3v) is 3.92. The Balaban J connectivity index is 1.70. The molecule has 0 atom stereocenters. The van der Waals surface area contributed by atoms with Crippen LogP contribution in [0.4, 0.5) is 5.82 Å². The molecule has 7 nitrogen and oxygen atoms in total. The highest BCUT2D eigenvalue weighted by Gasteiger charge is 2.26. The first-order chi connectivity index (χ1) is 11.1. The second-order valence-electron chi connectivity index (χ2n) is 5.45. The molecule has 1 fully saturated rings. The van der Waals surface area contributed by atoms with Gasteiger partial charge in [-0.05, 0) is 19.9 Å². The highest BCUT2D eigenvalue weighted by molar-refractivity contribution is 5.95. The quantitative estimate of drug-likeness (QED) is 0.836. The molecule has 0 spiro atoms. The molecular weight excluding hydrogens is 294 g/mol. The predicted octanol–water partition coefficient (Wildman–Crippen LogP) is 1.52. The lowest BCUT2D eigenvalue weighted by Gasteiger charge is -2.35. The van der Waals surface area contributed by atoms with Crippen molar-refractivity contribution in [2.45, 2.75) is 13.8 Å². The van der Waals surface area contributed by atoms with Gasteiger partial charge in [0.1, 0.15) is 17.6 Å². The van der Waals surface area contributed by atoms with Gasteiger partial charge >= 0.3 is 0 Å². The zero-order chi connectivity index (χ0) is 16.4. The molecule has 0 aliphatic carbocycles. The lowest BCUT2D eigenvalue weighted by molar-refractivity contribution is 0.0744. The van der Waals surface area contributed by atoms with Crippen molar-refractivity contribution in [3.63, 3.8) is 0 Å². The zero-order valence-electron chi connectivity index (χ0n) is 13.1. The van der Waals surface area contributed by atoms with Crippen molar-refractivity contribution < 1.29 is 9.21 Å². The van der Waals surface area contributed by atoms with Gasteiger partial charge in [0.25, 0.3) is 5.91 Å². The first-order valence-corrected chi connectivity index (χ1v) is 7.42. The number of carbonyl (C=O) groups excluding carboxylic acids is 1. The third-order valence-electron chi connectivity index (χ3n) is 3.92. The topological polar surface area (TPSA) is 86.3 Å². The average Bonchev–Trinajstić information content (AvgIpc) is 2.92. The summed E-state index contributed by atoms with van der Waals surface area (Å²) in [6.07, 6.45) is 3.08. The second-order valence-corrected chi connectivity index (χ2v) is 5.45. The summed E-state index contributed by atoms with van der Waals surface area (Å²) in [4.78, 5) is 24.6. The van der Waals surface area contributed by atoms with Crippen LogP contribution in [0.3, 0.4) is 0 Å². The molecule has 0 aromatic carbocycles. The summed E-state index contributed by atoms with van der Waals surface area (Å²) in [5, 5.41) is 9.12. The molecular formula is C16H17N5O2. The van der Waals surface area contributed by atoms with Crippen LogP contribution in [-0.4, -0.2) is 47.0 Å². The number of aromatic nitrogens is 2. The van der Waals surface area contributed by atoms with E-state index in [-0.39, 0.29) is 5.91 Å². The minimum atomic E-state index is -0.0151. The smallest absolute Gasteiger partial charge is 0.257 e. The number of amides is 1. The highest BCUT2D eigenvalue weighted by atomic mass is 16.3. The molecule has 3 heterocycles. The van der Waals surface area contributed by atoms with E-state index in [0.29, 0.717) is 49.0 Å². The number of furan rings is 1. The Morgan fingerprint density at radius 1 is 1.22 bits per heavy atom. The van der Waals surface area contributed by atoms with Crippen LogP contribution in [0, 0.1) is 25.2 Å². The number of rotatable bonds is 2. The summed E-state index contributed by atoms with van der Waals surface area (Å²) in [6.45, 7) is 6.02. The molecule has 1 saturated heterocycles. The average molecular weight is 311 g/mol. The van der Waals surface area contributed by atoms with Gasteiger partial charge < -0.3 is 14.2 Å². The van der Waals surface area contributed by atoms with E-state index in [9.17, 15) is 4.79 Å². The van der Waals surface area contributed by atoms with Crippen molar-refractivity contribution in [2.24, 2.45) is 0 Å². The Morgan fingerprint density at radius 3 is 2.52 bits per heavy atom. The molecule has 0 unspecified atom stereocenters. The molecule has 0 N–H and O–H groups in total. The van der Waals surface area contributed by atoms with Crippen molar-refractivity contribution >= 4 is 11.7 Å². The summed E-state index contributed by atoms with van der Waals surface area (Å²) in [7, 11) is 0. The van der Waals surface area contributed by atoms with E-state index in [4.69, 9.17) is 9.68 Å². The summed E-state index contributed by atoms with van der Waals surface area (Å²) in [5.74, 6) is 1.95. The van der Waals surface area contributed by atoms with E-state index in [0.717, 1.165) is 5.76 Å². The maximum Gasteiger partial charge on any atom is 0.257 e. The molecule has 7 heteroatoms. The number of nitrogens with zero attached hydrogens (tertiary/aromatic N) is 5. The van der Waals surface area contributed by atoms with Crippen LogP contribution in [0.2, 0.25) is 0 Å². The van der Waals surface area contributed by atoms with E-state index in [1.165, 1.54) is 6.20 Å². The normalized spacial score (nSPS) is 14.7. The van der Waals surface area contributed by atoms with Crippen LogP contribution in [0.1, 0.15) is 27.6 Å². The van der Waals surface area contributed by atoms with Crippen molar-refractivity contribution in [1.82, 2.24) is 14.9 Å². The van der Waals surface area contributed by atoms with Crippen molar-refractivity contribution in [1.29, 1.82) is 5.26 Å². The number of hydrogen-bond acceptors (Lipinski definition) is 6. The van der Waals surface area contributed by atoms with Gasteiger partial charge in [0.05, 0.1) is 5.56 Å². The van der Waals surface area contributed by atoms with Gasteiger partial charge in [-0.15, -0.1) is 0 Å². The molecule has 0 bridgehead atoms. The van der Waals surface area contributed by atoms with Gasteiger partial charge in [0.15, 0.2) is 11.5 Å². The van der Waals surface area contributed by atoms with Crippen LogP contribution in [0.15, 0.2) is 22.9 Å². The van der Waals surface area contributed by atoms with E-state index in [1.807, 2.05) is 11.8 Å². The van der Waals surface area contributed by atoms with Crippen LogP contribution in [-0.2, 0) is 0 Å². The van der Waals surface area contributed by atoms with Crippen LogP contribution < -0.4 is 4.90 Å². The Morgan fingerprint density at radius 2 is 1.91 bits per heavy atom. The van der Waals surface area contributed by atoms with Gasteiger partial charge in [-0.1, -0.05) is 0 Å². The number of hydrogen-bond donors (Lipinski definition) is 0. The molecule has 1 aliphatic rings. The fourth-order valence-corrected chi connectivity index (χ4v) is 2.78. The molecule has 2 aromatic rings. The maximum atomic E-state index is 12.6. The standard InChI is InChI=1S/C16H17N5O2/c1-11-9-13(12(2)23-11)16(22)21-7-5-20(6-8-21)15-14(10-17)18-3-4-19-15/h3-4,9H,5-8H2,1-2H3. The largest absolute Gasteiger partial charge is 0.466 e. The fraction of sp³-hybridized carbons (Fsp3) is 0.375.